The molecule has 0 aliphatic rings. The smallest absolute Gasteiger partial charge is 0.269 e. The van der Waals surface area contributed by atoms with Gasteiger partial charge in [-0.3, -0.25) is 10.1 Å². The summed E-state index contributed by atoms with van der Waals surface area (Å²) in [6.07, 6.45) is 0. The van der Waals surface area contributed by atoms with E-state index in [1.807, 2.05) is 0 Å². The molecule has 0 saturated carbocycles. The highest BCUT2D eigenvalue weighted by Crippen LogP contribution is 2.36. The summed E-state index contributed by atoms with van der Waals surface area (Å²) in [5.74, 6) is -1.18. The number of carbonyl (C=O) groups excluding carboxylic acids is 1. The van der Waals surface area contributed by atoms with Gasteiger partial charge in [0.15, 0.2) is 5.13 Å². The number of anilines is 1. The van der Waals surface area contributed by atoms with Crippen molar-refractivity contribution in [2.45, 2.75) is 0 Å². The Balaban J connectivity index is 1.69. The Morgan fingerprint density at radius 2 is 1.75 bits per heavy atom. The molecule has 1 amide bonds. The zero-order chi connectivity index (χ0) is 16.8. The molecule has 4 rings (SSSR count). The second kappa shape index (κ2) is 5.77. The number of hydrogen-bond acceptors (Lipinski definition) is 4. The van der Waals surface area contributed by atoms with E-state index >= 15 is 0 Å². The summed E-state index contributed by atoms with van der Waals surface area (Å²) in [6, 6.07) is 8.39. The lowest BCUT2D eigenvalue weighted by Crippen LogP contribution is -2.10. The van der Waals surface area contributed by atoms with Crippen LogP contribution in [0.5, 0.6) is 0 Å². The average molecular weight is 381 g/mol. The number of thiophene rings is 1. The number of nitrogens with one attached hydrogen (secondary N) is 1. The molecule has 3 nitrogen and oxygen atoms in total. The van der Waals surface area contributed by atoms with Crippen LogP contribution in [0.25, 0.3) is 20.3 Å². The van der Waals surface area contributed by atoms with Crippen molar-refractivity contribution in [2.24, 2.45) is 0 Å². The largest absolute Gasteiger partial charge is 0.297 e. The number of aromatic nitrogens is 1. The normalized spacial score (nSPS) is 11.3. The van der Waals surface area contributed by atoms with E-state index in [9.17, 15) is 13.6 Å². The van der Waals surface area contributed by atoms with E-state index in [4.69, 9.17) is 11.6 Å². The topological polar surface area (TPSA) is 42.0 Å². The summed E-state index contributed by atoms with van der Waals surface area (Å²) in [4.78, 5) is 17.0. The van der Waals surface area contributed by atoms with E-state index < -0.39 is 5.91 Å². The van der Waals surface area contributed by atoms with Gasteiger partial charge in [0.05, 0.1) is 15.2 Å². The first-order valence-electron chi connectivity index (χ1n) is 6.76. The number of nitrogens with zero attached hydrogens (tertiary/aromatic N) is 1. The molecular weight excluding hydrogens is 374 g/mol. The molecule has 0 fully saturated rings. The molecule has 4 aromatic rings. The van der Waals surface area contributed by atoms with E-state index in [1.54, 1.807) is 12.1 Å². The maximum Gasteiger partial charge on any atom is 0.269 e. The fraction of sp³-hybridized carbons (Fsp3) is 0. The molecular formula is C16H7ClF2N2OS2. The zero-order valence-electron chi connectivity index (χ0n) is 11.8. The lowest BCUT2D eigenvalue weighted by molar-refractivity contribution is 0.103. The summed E-state index contributed by atoms with van der Waals surface area (Å²) in [5.41, 5.74) is 0.598. The van der Waals surface area contributed by atoms with Crippen molar-refractivity contribution in [3.05, 3.63) is 57.9 Å². The summed E-state index contributed by atoms with van der Waals surface area (Å²) < 4.78 is 27.8. The maximum absolute atomic E-state index is 13.3. The molecule has 0 saturated heterocycles. The van der Waals surface area contributed by atoms with E-state index in [0.29, 0.717) is 25.4 Å². The molecule has 8 heteroatoms. The summed E-state index contributed by atoms with van der Waals surface area (Å²) in [6.45, 7) is 0. The molecule has 24 heavy (non-hydrogen) atoms. The van der Waals surface area contributed by atoms with Crippen LogP contribution in [0.2, 0.25) is 5.02 Å². The Morgan fingerprint density at radius 1 is 1.04 bits per heavy atom. The fourth-order valence-corrected chi connectivity index (χ4v) is 4.61. The minimum Gasteiger partial charge on any atom is -0.297 e. The van der Waals surface area contributed by atoms with Crippen molar-refractivity contribution < 1.29 is 13.6 Å². The van der Waals surface area contributed by atoms with Gasteiger partial charge in [0, 0.05) is 10.1 Å². The maximum atomic E-state index is 13.3. The van der Waals surface area contributed by atoms with E-state index in [2.05, 4.69) is 10.3 Å². The number of hydrogen-bond donors (Lipinski definition) is 1. The van der Waals surface area contributed by atoms with Crippen LogP contribution in [-0.2, 0) is 0 Å². The number of benzene rings is 2. The summed E-state index contributed by atoms with van der Waals surface area (Å²) in [5, 5.41) is 3.91. The van der Waals surface area contributed by atoms with Crippen LogP contribution >= 0.6 is 34.3 Å². The second-order valence-electron chi connectivity index (χ2n) is 4.97. The first kappa shape index (κ1) is 15.4. The number of rotatable bonds is 2. The Morgan fingerprint density at radius 3 is 2.54 bits per heavy atom. The van der Waals surface area contributed by atoms with Crippen molar-refractivity contribution >= 4 is 65.6 Å². The molecule has 2 heterocycles. The predicted molar refractivity (Wildman–Crippen MR) is 94.3 cm³/mol. The number of thiazole rings is 1. The molecule has 2 aromatic heterocycles. The Labute approximate surface area is 147 Å². The molecule has 0 bridgehead atoms. The van der Waals surface area contributed by atoms with Crippen LogP contribution < -0.4 is 5.32 Å². The molecule has 0 unspecified atom stereocenters. The van der Waals surface area contributed by atoms with Gasteiger partial charge in [-0.15, -0.1) is 11.3 Å². The monoisotopic (exact) mass is 380 g/mol. The van der Waals surface area contributed by atoms with Crippen LogP contribution in [-0.4, -0.2) is 10.9 Å². The molecule has 1 N–H and O–H groups in total. The number of halogens is 3. The van der Waals surface area contributed by atoms with Crippen LogP contribution in [0.3, 0.4) is 0 Å². The summed E-state index contributed by atoms with van der Waals surface area (Å²) in [7, 11) is 0. The third kappa shape index (κ3) is 2.64. The number of carbonyl (C=O) groups is 1. The first-order valence-corrected chi connectivity index (χ1v) is 8.77. The standard InChI is InChI=1S/C16H7ClF2N2OS2/c17-13-9-3-1-7(18)5-11(9)23-14(13)15(22)21-16-20-10-4-2-8(19)6-12(10)24-16/h1-6H,(H,20,21,22). The zero-order valence-corrected chi connectivity index (χ0v) is 14.2. The van der Waals surface area contributed by atoms with Crippen molar-refractivity contribution in [3.63, 3.8) is 0 Å². The first-order chi connectivity index (χ1) is 11.5. The van der Waals surface area contributed by atoms with Gasteiger partial charge in [0.1, 0.15) is 16.5 Å². The van der Waals surface area contributed by atoms with Crippen LogP contribution in [0, 0.1) is 11.6 Å². The van der Waals surface area contributed by atoms with Gasteiger partial charge in [-0.1, -0.05) is 22.9 Å². The molecule has 0 aliphatic heterocycles. The van der Waals surface area contributed by atoms with Crippen molar-refractivity contribution in [1.29, 1.82) is 0 Å². The van der Waals surface area contributed by atoms with Gasteiger partial charge in [-0.25, -0.2) is 13.8 Å². The molecule has 2 aromatic carbocycles. The highest BCUT2D eigenvalue weighted by atomic mass is 35.5. The van der Waals surface area contributed by atoms with E-state index in [1.165, 1.54) is 35.6 Å². The van der Waals surface area contributed by atoms with Crippen molar-refractivity contribution in [3.8, 4) is 0 Å². The van der Waals surface area contributed by atoms with E-state index in [0.717, 1.165) is 11.3 Å². The molecule has 0 radical (unpaired) electrons. The van der Waals surface area contributed by atoms with Crippen LogP contribution in [0.1, 0.15) is 9.67 Å². The molecule has 120 valence electrons. The number of fused-ring (bicyclic) bond motifs is 2. The third-order valence-corrected chi connectivity index (χ3v) is 5.96. The Hall–Kier alpha value is -2.09. The highest BCUT2D eigenvalue weighted by molar-refractivity contribution is 7.23. The molecule has 0 spiro atoms. The van der Waals surface area contributed by atoms with Crippen molar-refractivity contribution in [2.75, 3.05) is 5.32 Å². The van der Waals surface area contributed by atoms with E-state index in [-0.39, 0.29) is 21.5 Å². The quantitative estimate of drug-likeness (QED) is 0.485. The third-order valence-electron chi connectivity index (χ3n) is 3.37. The van der Waals surface area contributed by atoms with Gasteiger partial charge in [-0.05, 0) is 36.4 Å². The average Bonchev–Trinajstić information content (AvgIpc) is 3.07. The van der Waals surface area contributed by atoms with Crippen LogP contribution in [0.4, 0.5) is 13.9 Å². The van der Waals surface area contributed by atoms with Crippen molar-refractivity contribution in [1.82, 2.24) is 4.98 Å². The highest BCUT2D eigenvalue weighted by Gasteiger charge is 2.19. The lowest BCUT2D eigenvalue weighted by Gasteiger charge is -1.98. The van der Waals surface area contributed by atoms with Gasteiger partial charge in [0.25, 0.3) is 5.91 Å². The number of amides is 1. The van der Waals surface area contributed by atoms with Gasteiger partial charge < -0.3 is 0 Å². The SMILES string of the molecule is O=C(Nc1nc2ccc(F)cc2s1)c1sc2cc(F)ccc2c1Cl. The minimum absolute atomic E-state index is 0.277. The molecule has 0 aliphatic carbocycles. The second-order valence-corrected chi connectivity index (χ2v) is 7.43. The lowest BCUT2D eigenvalue weighted by atomic mass is 10.2. The minimum atomic E-state index is -0.430. The molecule has 0 atom stereocenters. The van der Waals surface area contributed by atoms with Gasteiger partial charge in [0.2, 0.25) is 0 Å². The summed E-state index contributed by atoms with van der Waals surface area (Å²) >= 11 is 8.51. The fourth-order valence-electron chi connectivity index (χ4n) is 2.29. The predicted octanol–water partition coefficient (Wildman–Crippen LogP) is 5.69. The van der Waals surface area contributed by atoms with Crippen LogP contribution in [0.15, 0.2) is 36.4 Å². The Kier molecular flexibility index (Phi) is 3.71. The Bertz CT molecular complexity index is 1110. The van der Waals surface area contributed by atoms with Gasteiger partial charge in [-0.2, -0.15) is 0 Å². The van der Waals surface area contributed by atoms with Gasteiger partial charge >= 0.3 is 0 Å².